The fourth-order valence-electron chi connectivity index (χ4n) is 3.04. The SMILES string of the molecule is CCOc1ccc(-c2cc(C(=O)NN3Cc4ccccc4C3=N)[nH]n2)cc1. The second kappa shape index (κ2) is 6.95. The molecule has 0 spiro atoms. The molecule has 0 bridgehead atoms. The van der Waals surface area contributed by atoms with Crippen LogP contribution in [0.5, 0.6) is 5.75 Å². The minimum Gasteiger partial charge on any atom is -0.494 e. The Balaban J connectivity index is 1.46. The first-order valence-corrected chi connectivity index (χ1v) is 8.69. The summed E-state index contributed by atoms with van der Waals surface area (Å²) in [7, 11) is 0. The minimum atomic E-state index is -0.336. The van der Waals surface area contributed by atoms with Gasteiger partial charge < -0.3 is 4.74 Å². The van der Waals surface area contributed by atoms with Gasteiger partial charge in [-0.3, -0.25) is 25.7 Å². The fourth-order valence-corrected chi connectivity index (χ4v) is 3.04. The molecule has 3 N–H and O–H groups in total. The summed E-state index contributed by atoms with van der Waals surface area (Å²) in [6.45, 7) is 3.02. The summed E-state index contributed by atoms with van der Waals surface area (Å²) in [5.41, 5.74) is 6.50. The normalized spacial score (nSPS) is 12.8. The van der Waals surface area contributed by atoms with E-state index in [0.717, 1.165) is 22.4 Å². The standard InChI is InChI=1S/C20H19N5O2/c1-2-27-15-9-7-13(8-10-15)17-11-18(23-22-17)20(26)24-25-12-14-5-3-4-6-16(14)19(25)21/h3-11,21H,2,12H2,1H3,(H,22,23)(H,24,26). The average Bonchev–Trinajstić information content (AvgIpc) is 3.29. The fraction of sp³-hybridized carbons (Fsp3) is 0.150. The molecule has 0 saturated heterocycles. The molecule has 7 heteroatoms. The summed E-state index contributed by atoms with van der Waals surface area (Å²) < 4.78 is 5.43. The first kappa shape index (κ1) is 16.8. The highest BCUT2D eigenvalue weighted by molar-refractivity contribution is 6.02. The van der Waals surface area contributed by atoms with E-state index in [1.54, 1.807) is 6.07 Å². The highest BCUT2D eigenvalue weighted by Crippen LogP contribution is 2.23. The van der Waals surface area contributed by atoms with E-state index in [1.807, 2.05) is 55.5 Å². The Bertz CT molecular complexity index is 994. The molecule has 136 valence electrons. The molecule has 0 aliphatic carbocycles. The number of hydrazine groups is 1. The summed E-state index contributed by atoms with van der Waals surface area (Å²) in [5, 5.41) is 16.7. The lowest BCUT2D eigenvalue weighted by molar-refractivity contribution is 0.0863. The van der Waals surface area contributed by atoms with Gasteiger partial charge in [-0.1, -0.05) is 24.3 Å². The maximum atomic E-state index is 12.5. The quantitative estimate of drug-likeness (QED) is 0.651. The number of hydrogen-bond donors (Lipinski definition) is 3. The third-order valence-corrected chi connectivity index (χ3v) is 4.39. The average molecular weight is 361 g/mol. The second-order valence-electron chi connectivity index (χ2n) is 6.16. The summed E-state index contributed by atoms with van der Waals surface area (Å²) in [6, 6.07) is 16.9. The van der Waals surface area contributed by atoms with Gasteiger partial charge in [0.2, 0.25) is 0 Å². The number of benzene rings is 2. The summed E-state index contributed by atoms with van der Waals surface area (Å²) in [6.07, 6.45) is 0. The third-order valence-electron chi connectivity index (χ3n) is 4.39. The van der Waals surface area contributed by atoms with E-state index in [9.17, 15) is 4.79 Å². The van der Waals surface area contributed by atoms with Crippen molar-refractivity contribution in [3.05, 3.63) is 71.4 Å². The van der Waals surface area contributed by atoms with Gasteiger partial charge in [0.1, 0.15) is 17.3 Å². The Morgan fingerprint density at radius 2 is 2.04 bits per heavy atom. The Morgan fingerprint density at radius 1 is 1.26 bits per heavy atom. The lowest BCUT2D eigenvalue weighted by Gasteiger charge is -2.18. The number of carbonyl (C=O) groups is 1. The summed E-state index contributed by atoms with van der Waals surface area (Å²) in [4.78, 5) is 12.5. The number of ether oxygens (including phenoxy) is 1. The molecule has 4 rings (SSSR count). The van der Waals surface area contributed by atoms with Gasteiger partial charge in [0, 0.05) is 11.1 Å². The Kier molecular flexibility index (Phi) is 4.33. The minimum absolute atomic E-state index is 0.283. The topological polar surface area (TPSA) is 94.1 Å². The predicted molar refractivity (Wildman–Crippen MR) is 101 cm³/mol. The molecule has 0 unspecified atom stereocenters. The number of H-pyrrole nitrogens is 1. The van der Waals surface area contributed by atoms with E-state index in [1.165, 1.54) is 5.01 Å². The molecule has 2 aromatic carbocycles. The van der Waals surface area contributed by atoms with Crippen molar-refractivity contribution >= 4 is 11.7 Å². The lowest BCUT2D eigenvalue weighted by Crippen LogP contribution is -2.42. The van der Waals surface area contributed by atoms with Crippen LogP contribution in [0.1, 0.15) is 28.5 Å². The number of amidine groups is 1. The van der Waals surface area contributed by atoms with Gasteiger partial charge in [-0.2, -0.15) is 5.10 Å². The Morgan fingerprint density at radius 3 is 2.78 bits per heavy atom. The molecule has 27 heavy (non-hydrogen) atoms. The molecular formula is C20H19N5O2. The van der Waals surface area contributed by atoms with Crippen molar-refractivity contribution in [3.63, 3.8) is 0 Å². The maximum Gasteiger partial charge on any atom is 0.287 e. The molecule has 0 fully saturated rings. The van der Waals surface area contributed by atoms with Gasteiger partial charge in [-0.05, 0) is 42.8 Å². The summed E-state index contributed by atoms with van der Waals surface area (Å²) >= 11 is 0. The van der Waals surface area contributed by atoms with E-state index in [-0.39, 0.29) is 11.7 Å². The van der Waals surface area contributed by atoms with Crippen LogP contribution in [0.3, 0.4) is 0 Å². The zero-order chi connectivity index (χ0) is 18.8. The molecule has 1 amide bonds. The van der Waals surface area contributed by atoms with Gasteiger partial charge >= 0.3 is 0 Å². The molecular weight excluding hydrogens is 342 g/mol. The second-order valence-corrected chi connectivity index (χ2v) is 6.16. The van der Waals surface area contributed by atoms with Crippen molar-refractivity contribution in [1.29, 1.82) is 5.41 Å². The van der Waals surface area contributed by atoms with E-state index < -0.39 is 0 Å². The van der Waals surface area contributed by atoms with Crippen LogP contribution >= 0.6 is 0 Å². The highest BCUT2D eigenvalue weighted by Gasteiger charge is 2.25. The molecule has 0 atom stereocenters. The van der Waals surface area contributed by atoms with Crippen molar-refractivity contribution in [2.75, 3.05) is 6.61 Å². The summed E-state index contributed by atoms with van der Waals surface area (Å²) in [5.74, 6) is 0.740. The van der Waals surface area contributed by atoms with Crippen LogP contribution < -0.4 is 10.2 Å². The first-order chi connectivity index (χ1) is 13.2. The van der Waals surface area contributed by atoms with Crippen LogP contribution in [-0.4, -0.2) is 33.6 Å². The van der Waals surface area contributed by atoms with Crippen LogP contribution in [0.15, 0.2) is 54.6 Å². The number of carbonyl (C=O) groups excluding carboxylic acids is 1. The van der Waals surface area contributed by atoms with Crippen LogP contribution in [0.25, 0.3) is 11.3 Å². The van der Waals surface area contributed by atoms with Gasteiger partial charge in [-0.25, -0.2) is 0 Å². The van der Waals surface area contributed by atoms with Crippen LogP contribution in [-0.2, 0) is 6.54 Å². The highest BCUT2D eigenvalue weighted by atomic mass is 16.5. The zero-order valence-corrected chi connectivity index (χ0v) is 14.8. The monoisotopic (exact) mass is 361 g/mol. The van der Waals surface area contributed by atoms with E-state index in [2.05, 4.69) is 15.6 Å². The van der Waals surface area contributed by atoms with Crippen molar-refractivity contribution in [2.24, 2.45) is 0 Å². The van der Waals surface area contributed by atoms with Crippen molar-refractivity contribution in [2.45, 2.75) is 13.5 Å². The van der Waals surface area contributed by atoms with Crippen molar-refractivity contribution in [3.8, 4) is 17.0 Å². The third kappa shape index (κ3) is 3.27. The van der Waals surface area contributed by atoms with Gasteiger partial charge in [0.05, 0.1) is 18.8 Å². The number of amides is 1. The molecule has 0 saturated carbocycles. The van der Waals surface area contributed by atoms with Crippen LogP contribution in [0.4, 0.5) is 0 Å². The molecule has 1 aromatic heterocycles. The van der Waals surface area contributed by atoms with E-state index >= 15 is 0 Å². The first-order valence-electron chi connectivity index (χ1n) is 8.69. The Labute approximate surface area is 156 Å². The number of aromatic amines is 1. The molecule has 7 nitrogen and oxygen atoms in total. The number of hydrogen-bond acceptors (Lipinski definition) is 4. The Hall–Kier alpha value is -3.61. The smallest absolute Gasteiger partial charge is 0.287 e. The number of aromatic nitrogens is 2. The van der Waals surface area contributed by atoms with Crippen LogP contribution in [0, 0.1) is 5.41 Å². The molecule has 1 aliphatic heterocycles. The number of nitrogens with one attached hydrogen (secondary N) is 3. The molecule has 2 heterocycles. The van der Waals surface area contributed by atoms with Crippen molar-refractivity contribution < 1.29 is 9.53 Å². The number of rotatable bonds is 5. The maximum absolute atomic E-state index is 12.5. The number of fused-ring (bicyclic) bond motifs is 1. The predicted octanol–water partition coefficient (Wildman–Crippen LogP) is 2.96. The zero-order valence-electron chi connectivity index (χ0n) is 14.8. The van der Waals surface area contributed by atoms with Gasteiger partial charge in [0.25, 0.3) is 5.91 Å². The van der Waals surface area contributed by atoms with Gasteiger partial charge in [0.15, 0.2) is 0 Å². The van der Waals surface area contributed by atoms with Gasteiger partial charge in [-0.15, -0.1) is 0 Å². The number of nitrogens with zero attached hydrogens (tertiary/aromatic N) is 2. The molecule has 3 aromatic rings. The molecule has 0 radical (unpaired) electrons. The molecule has 1 aliphatic rings. The largest absolute Gasteiger partial charge is 0.494 e. The van der Waals surface area contributed by atoms with Crippen molar-refractivity contribution in [1.82, 2.24) is 20.6 Å². The van der Waals surface area contributed by atoms with E-state index in [0.29, 0.717) is 24.5 Å². The lowest BCUT2D eigenvalue weighted by atomic mass is 10.1. The van der Waals surface area contributed by atoms with Crippen LogP contribution in [0.2, 0.25) is 0 Å². The van der Waals surface area contributed by atoms with E-state index in [4.69, 9.17) is 10.1 Å².